The highest BCUT2D eigenvalue weighted by Gasteiger charge is 1.98. The van der Waals surface area contributed by atoms with Crippen LogP contribution in [0.15, 0.2) is 35.1 Å². The van der Waals surface area contributed by atoms with Crippen LogP contribution in [-0.2, 0) is 6.54 Å². The smallest absolute Gasteiger partial charge is 0.0992 e. The van der Waals surface area contributed by atoms with Crippen molar-refractivity contribution in [2.24, 2.45) is 0 Å². The first kappa shape index (κ1) is 12.6. The summed E-state index contributed by atoms with van der Waals surface area (Å²) in [5.41, 5.74) is 1.59. The minimum Gasteiger partial charge on any atom is -0.385 e. The molecule has 0 unspecified atom stereocenters. The topological polar surface area (TPSA) is 66.5 Å². The van der Waals surface area contributed by atoms with Gasteiger partial charge >= 0.3 is 0 Å². The lowest BCUT2D eigenvalue weighted by atomic mass is 10.2. The molecule has 0 saturated carbocycles. The van der Waals surface area contributed by atoms with Crippen LogP contribution >= 0.6 is 15.9 Å². The largest absolute Gasteiger partial charge is 0.385 e. The lowest BCUT2D eigenvalue weighted by molar-refractivity contribution is 0.570. The summed E-state index contributed by atoms with van der Waals surface area (Å²) in [6, 6.07) is 7.71. The molecule has 18 heavy (non-hydrogen) atoms. The fraction of sp³-hybridized carbons (Fsp3) is 0.250. The quantitative estimate of drug-likeness (QED) is 0.862. The van der Waals surface area contributed by atoms with Crippen LogP contribution in [0.5, 0.6) is 0 Å². The van der Waals surface area contributed by atoms with E-state index in [2.05, 4.69) is 37.6 Å². The highest BCUT2D eigenvalue weighted by molar-refractivity contribution is 9.10. The van der Waals surface area contributed by atoms with E-state index in [0.717, 1.165) is 29.7 Å². The molecule has 0 radical (unpaired) electrons. The molecule has 1 aromatic carbocycles. The molecular formula is C12H12BrN5. The number of benzene rings is 1. The molecule has 0 saturated heterocycles. The van der Waals surface area contributed by atoms with Crippen molar-refractivity contribution in [2.45, 2.75) is 13.0 Å². The van der Waals surface area contributed by atoms with E-state index >= 15 is 0 Å². The normalized spacial score (nSPS) is 10.0. The van der Waals surface area contributed by atoms with E-state index in [-0.39, 0.29) is 0 Å². The van der Waals surface area contributed by atoms with Crippen LogP contribution < -0.4 is 5.32 Å². The van der Waals surface area contributed by atoms with Crippen LogP contribution in [0.25, 0.3) is 0 Å². The van der Waals surface area contributed by atoms with Gasteiger partial charge in [0, 0.05) is 29.4 Å². The van der Waals surface area contributed by atoms with Crippen molar-refractivity contribution in [2.75, 3.05) is 11.9 Å². The summed E-state index contributed by atoms with van der Waals surface area (Å²) >= 11 is 3.38. The van der Waals surface area contributed by atoms with Crippen LogP contribution in [0.4, 0.5) is 5.69 Å². The van der Waals surface area contributed by atoms with Gasteiger partial charge in [0.15, 0.2) is 0 Å². The Bertz CT molecular complexity index is 544. The molecule has 0 spiro atoms. The minimum atomic E-state index is 0.642. The van der Waals surface area contributed by atoms with Gasteiger partial charge < -0.3 is 5.32 Å². The number of aromatic nitrogens is 3. The lowest BCUT2D eigenvalue weighted by Crippen LogP contribution is -2.07. The molecule has 1 N–H and O–H groups in total. The van der Waals surface area contributed by atoms with Gasteiger partial charge in [0.2, 0.25) is 0 Å². The molecule has 0 fully saturated rings. The summed E-state index contributed by atoms with van der Waals surface area (Å²) in [7, 11) is 0. The Morgan fingerprint density at radius 3 is 3.00 bits per heavy atom. The van der Waals surface area contributed by atoms with E-state index in [1.165, 1.54) is 0 Å². The number of nitrogens with one attached hydrogen (secondary N) is 1. The molecule has 0 bridgehead atoms. The number of anilines is 1. The predicted molar refractivity (Wildman–Crippen MR) is 72.0 cm³/mol. The van der Waals surface area contributed by atoms with Gasteiger partial charge in [0.05, 0.1) is 17.8 Å². The Labute approximate surface area is 114 Å². The molecule has 1 heterocycles. The summed E-state index contributed by atoms with van der Waals surface area (Å²) < 4.78 is 2.70. The van der Waals surface area contributed by atoms with E-state index in [1.54, 1.807) is 16.9 Å². The van der Waals surface area contributed by atoms with Gasteiger partial charge in [-0.25, -0.2) is 0 Å². The van der Waals surface area contributed by atoms with Gasteiger partial charge in [-0.05, 0) is 24.6 Å². The van der Waals surface area contributed by atoms with E-state index in [0.29, 0.717) is 5.56 Å². The second kappa shape index (κ2) is 6.17. The average Bonchev–Trinajstić information content (AvgIpc) is 2.87. The first-order valence-electron chi connectivity index (χ1n) is 5.56. The number of aryl methyl sites for hydroxylation is 1. The zero-order valence-corrected chi connectivity index (χ0v) is 11.3. The van der Waals surface area contributed by atoms with Crippen molar-refractivity contribution in [1.29, 1.82) is 5.26 Å². The van der Waals surface area contributed by atoms with E-state index in [9.17, 15) is 0 Å². The molecule has 2 rings (SSSR count). The third kappa shape index (κ3) is 3.57. The van der Waals surface area contributed by atoms with Crippen molar-refractivity contribution in [1.82, 2.24) is 15.0 Å². The number of hydrogen-bond donors (Lipinski definition) is 1. The van der Waals surface area contributed by atoms with Crippen LogP contribution in [0.3, 0.4) is 0 Å². The zero-order chi connectivity index (χ0) is 12.8. The van der Waals surface area contributed by atoms with Gasteiger partial charge in [-0.2, -0.15) is 5.26 Å². The highest BCUT2D eigenvalue weighted by atomic mass is 79.9. The molecule has 0 amide bonds. The van der Waals surface area contributed by atoms with E-state index in [4.69, 9.17) is 5.26 Å². The predicted octanol–water partition coefficient (Wildman–Crippen LogP) is 2.41. The maximum atomic E-state index is 8.87. The molecule has 5 nitrogen and oxygen atoms in total. The van der Waals surface area contributed by atoms with Crippen molar-refractivity contribution in [3.05, 3.63) is 40.6 Å². The summed E-state index contributed by atoms with van der Waals surface area (Å²) in [4.78, 5) is 0. The Hall–Kier alpha value is -1.87. The fourth-order valence-corrected chi connectivity index (χ4v) is 2.08. The summed E-state index contributed by atoms with van der Waals surface area (Å²) in [6.45, 7) is 1.65. The second-order valence-corrected chi connectivity index (χ2v) is 4.70. The molecule has 0 aliphatic rings. The lowest BCUT2D eigenvalue weighted by Gasteiger charge is -2.07. The Kier molecular flexibility index (Phi) is 4.31. The summed E-state index contributed by atoms with van der Waals surface area (Å²) in [6.07, 6.45) is 4.45. The third-order valence-corrected chi connectivity index (χ3v) is 2.85. The summed E-state index contributed by atoms with van der Waals surface area (Å²) in [5.74, 6) is 0. The fourth-order valence-electron chi connectivity index (χ4n) is 1.58. The van der Waals surface area contributed by atoms with E-state index < -0.39 is 0 Å². The monoisotopic (exact) mass is 305 g/mol. The number of halogens is 1. The first-order chi connectivity index (χ1) is 8.78. The van der Waals surface area contributed by atoms with Gasteiger partial charge in [0.25, 0.3) is 0 Å². The molecular weight excluding hydrogens is 294 g/mol. The maximum Gasteiger partial charge on any atom is 0.0992 e. The Morgan fingerprint density at radius 1 is 1.39 bits per heavy atom. The van der Waals surface area contributed by atoms with Crippen molar-refractivity contribution < 1.29 is 0 Å². The van der Waals surface area contributed by atoms with E-state index in [1.807, 2.05) is 18.3 Å². The standard InChI is InChI=1S/C12H12BrN5/c13-11-6-10(9-14)7-12(8-11)15-2-1-4-18-5-3-16-17-18/h3,5-8,15H,1-2,4H2. The minimum absolute atomic E-state index is 0.642. The van der Waals surface area contributed by atoms with Crippen LogP contribution in [0.2, 0.25) is 0 Å². The zero-order valence-electron chi connectivity index (χ0n) is 9.67. The van der Waals surface area contributed by atoms with Gasteiger partial charge in [-0.1, -0.05) is 21.1 Å². The Balaban J connectivity index is 1.83. The molecule has 0 atom stereocenters. The van der Waals surface area contributed by atoms with Gasteiger partial charge in [-0.3, -0.25) is 4.68 Å². The molecule has 0 aliphatic heterocycles. The van der Waals surface area contributed by atoms with Crippen LogP contribution in [0.1, 0.15) is 12.0 Å². The van der Waals surface area contributed by atoms with Crippen LogP contribution in [-0.4, -0.2) is 21.5 Å². The van der Waals surface area contributed by atoms with Crippen molar-refractivity contribution in [3.8, 4) is 6.07 Å². The number of rotatable bonds is 5. The molecule has 1 aromatic heterocycles. The molecule has 92 valence electrons. The number of hydrogen-bond acceptors (Lipinski definition) is 4. The Morgan fingerprint density at radius 2 is 2.28 bits per heavy atom. The first-order valence-corrected chi connectivity index (χ1v) is 6.36. The average molecular weight is 306 g/mol. The second-order valence-electron chi connectivity index (χ2n) is 3.79. The third-order valence-electron chi connectivity index (χ3n) is 2.39. The SMILES string of the molecule is N#Cc1cc(Br)cc(NCCCn2ccnn2)c1. The number of nitrogens with zero attached hydrogens (tertiary/aromatic N) is 4. The van der Waals surface area contributed by atoms with Crippen LogP contribution in [0, 0.1) is 11.3 Å². The van der Waals surface area contributed by atoms with Gasteiger partial charge in [-0.15, -0.1) is 5.10 Å². The molecule has 2 aromatic rings. The highest BCUT2D eigenvalue weighted by Crippen LogP contribution is 2.19. The summed E-state index contributed by atoms with van der Waals surface area (Å²) in [5, 5.41) is 19.8. The maximum absolute atomic E-state index is 8.87. The van der Waals surface area contributed by atoms with Gasteiger partial charge in [0.1, 0.15) is 0 Å². The van der Waals surface area contributed by atoms with Crippen molar-refractivity contribution >= 4 is 21.6 Å². The molecule has 0 aliphatic carbocycles. The number of nitriles is 1. The molecule has 6 heteroatoms. The van der Waals surface area contributed by atoms with Crippen molar-refractivity contribution in [3.63, 3.8) is 0 Å².